The van der Waals surface area contributed by atoms with Crippen LogP contribution in [-0.4, -0.2) is 44.4 Å². The van der Waals surface area contributed by atoms with Crippen molar-refractivity contribution in [3.8, 4) is 0 Å². The van der Waals surface area contributed by atoms with Crippen LogP contribution in [0.4, 0.5) is 5.69 Å². The van der Waals surface area contributed by atoms with Gasteiger partial charge in [0.2, 0.25) is 10.0 Å². The first-order chi connectivity index (χ1) is 12.4. The number of nitrogens with zero attached hydrogens (tertiary/aromatic N) is 1. The van der Waals surface area contributed by atoms with Gasteiger partial charge < -0.3 is 10.1 Å². The van der Waals surface area contributed by atoms with Crippen LogP contribution >= 0.6 is 0 Å². The molecule has 0 aromatic heterocycles. The normalized spacial score (nSPS) is 16.8. The smallest absolute Gasteiger partial charge is 0.253 e. The molecular formula is C19H28N2O4S. The van der Waals surface area contributed by atoms with Gasteiger partial charge in [-0.3, -0.25) is 4.79 Å². The second kappa shape index (κ2) is 9.30. The number of piperidine rings is 1. The number of hydrogen-bond donors (Lipinski definition) is 1. The van der Waals surface area contributed by atoms with Crippen LogP contribution in [0.3, 0.4) is 0 Å². The Labute approximate surface area is 156 Å². The fourth-order valence-corrected chi connectivity index (χ4v) is 4.62. The zero-order valence-corrected chi connectivity index (χ0v) is 16.3. The van der Waals surface area contributed by atoms with Gasteiger partial charge in [0, 0.05) is 18.8 Å². The Hall–Kier alpha value is -1.70. The van der Waals surface area contributed by atoms with Crippen LogP contribution in [0.1, 0.15) is 38.2 Å². The molecular weight excluding hydrogens is 352 g/mol. The molecule has 0 bridgehead atoms. The number of anilines is 1. The Kier molecular flexibility index (Phi) is 7.37. The summed E-state index contributed by atoms with van der Waals surface area (Å²) >= 11 is 0. The lowest BCUT2D eigenvalue weighted by Crippen LogP contribution is -2.36. The molecule has 0 aliphatic carbocycles. The summed E-state index contributed by atoms with van der Waals surface area (Å²) in [7, 11) is -3.55. The fourth-order valence-electron chi connectivity index (χ4n) is 2.85. The SMILES string of the molecule is C=CCCO[C@H](C)C(=O)Nc1ccc(C)c(S(=O)(=O)N2CCCCC2)c1. The van der Waals surface area contributed by atoms with E-state index in [1.807, 2.05) is 0 Å². The quantitative estimate of drug-likeness (QED) is 0.555. The number of hydrogen-bond acceptors (Lipinski definition) is 4. The fraction of sp³-hybridized carbons (Fsp3) is 0.526. The highest BCUT2D eigenvalue weighted by Gasteiger charge is 2.27. The molecule has 1 saturated heterocycles. The van der Waals surface area contributed by atoms with E-state index in [1.165, 1.54) is 10.4 Å². The summed E-state index contributed by atoms with van der Waals surface area (Å²) in [6.45, 7) is 8.55. The minimum absolute atomic E-state index is 0.248. The van der Waals surface area contributed by atoms with Crippen LogP contribution in [0.2, 0.25) is 0 Å². The zero-order valence-electron chi connectivity index (χ0n) is 15.5. The van der Waals surface area contributed by atoms with Crippen LogP contribution in [0, 0.1) is 6.92 Å². The first-order valence-corrected chi connectivity index (χ1v) is 10.4. The average Bonchev–Trinajstić information content (AvgIpc) is 2.64. The summed E-state index contributed by atoms with van der Waals surface area (Å²) in [6.07, 6.45) is 4.59. The number of rotatable bonds is 8. The molecule has 1 amide bonds. The van der Waals surface area contributed by atoms with E-state index in [1.54, 1.807) is 32.1 Å². The van der Waals surface area contributed by atoms with E-state index < -0.39 is 16.1 Å². The van der Waals surface area contributed by atoms with Crippen LogP contribution in [0.15, 0.2) is 35.7 Å². The molecule has 6 nitrogen and oxygen atoms in total. The Morgan fingerprint density at radius 3 is 2.69 bits per heavy atom. The molecule has 26 heavy (non-hydrogen) atoms. The number of ether oxygens (including phenoxy) is 1. The highest BCUT2D eigenvalue weighted by molar-refractivity contribution is 7.89. The highest BCUT2D eigenvalue weighted by Crippen LogP contribution is 2.26. The summed E-state index contributed by atoms with van der Waals surface area (Å²) in [4.78, 5) is 12.5. The Morgan fingerprint density at radius 1 is 1.35 bits per heavy atom. The summed E-state index contributed by atoms with van der Waals surface area (Å²) in [5, 5.41) is 2.74. The van der Waals surface area contributed by atoms with Crippen LogP contribution in [-0.2, 0) is 19.6 Å². The number of aryl methyl sites for hydroxylation is 1. The summed E-state index contributed by atoms with van der Waals surface area (Å²) in [5.74, 6) is -0.306. The first-order valence-electron chi connectivity index (χ1n) is 9.00. The van der Waals surface area contributed by atoms with Gasteiger partial charge in [-0.1, -0.05) is 18.6 Å². The molecule has 1 heterocycles. The lowest BCUT2D eigenvalue weighted by molar-refractivity contribution is -0.126. The third-order valence-corrected chi connectivity index (χ3v) is 6.49. The Bertz CT molecular complexity index is 740. The molecule has 1 aliphatic rings. The standard InChI is InChI=1S/C19H28N2O4S/c1-4-5-13-25-16(3)19(22)20-17-10-9-15(2)18(14-17)26(23,24)21-11-7-6-8-12-21/h4,9-10,14,16H,1,5-8,11-13H2,2-3H3,(H,20,22)/t16-/m1/s1. The second-order valence-electron chi connectivity index (χ2n) is 6.52. The maximum atomic E-state index is 12.9. The van der Waals surface area contributed by atoms with Gasteiger partial charge in [-0.15, -0.1) is 6.58 Å². The van der Waals surface area contributed by atoms with Gasteiger partial charge in [-0.25, -0.2) is 8.42 Å². The topological polar surface area (TPSA) is 75.7 Å². The Balaban J connectivity index is 2.13. The van der Waals surface area contributed by atoms with Crippen LogP contribution < -0.4 is 5.32 Å². The average molecular weight is 381 g/mol. The minimum atomic E-state index is -3.55. The predicted molar refractivity (Wildman–Crippen MR) is 103 cm³/mol. The third kappa shape index (κ3) is 5.16. The van der Waals surface area contributed by atoms with Gasteiger partial charge in [-0.2, -0.15) is 4.31 Å². The van der Waals surface area contributed by atoms with E-state index >= 15 is 0 Å². The maximum absolute atomic E-state index is 12.9. The molecule has 0 unspecified atom stereocenters. The van der Waals surface area contributed by atoms with Crippen molar-refractivity contribution in [1.29, 1.82) is 0 Å². The van der Waals surface area contributed by atoms with Crippen molar-refractivity contribution in [3.05, 3.63) is 36.4 Å². The van der Waals surface area contributed by atoms with Gasteiger partial charge in [0.15, 0.2) is 0 Å². The van der Waals surface area contributed by atoms with E-state index in [4.69, 9.17) is 4.74 Å². The molecule has 1 fully saturated rings. The highest BCUT2D eigenvalue weighted by atomic mass is 32.2. The molecule has 1 atom stereocenters. The summed E-state index contributed by atoms with van der Waals surface area (Å²) in [6, 6.07) is 4.96. The van der Waals surface area contributed by atoms with Gasteiger partial charge in [0.1, 0.15) is 6.10 Å². The molecule has 7 heteroatoms. The van der Waals surface area contributed by atoms with Crippen LogP contribution in [0.5, 0.6) is 0 Å². The number of carbonyl (C=O) groups is 1. The van der Waals surface area contributed by atoms with E-state index in [-0.39, 0.29) is 10.8 Å². The van der Waals surface area contributed by atoms with Gasteiger partial charge in [-0.05, 0) is 50.8 Å². The second-order valence-corrected chi connectivity index (χ2v) is 8.43. The maximum Gasteiger partial charge on any atom is 0.253 e. The lowest BCUT2D eigenvalue weighted by atomic mass is 10.2. The van der Waals surface area contributed by atoms with Crippen LogP contribution in [0.25, 0.3) is 0 Å². The third-order valence-electron chi connectivity index (χ3n) is 4.45. The van der Waals surface area contributed by atoms with E-state index in [9.17, 15) is 13.2 Å². The summed E-state index contributed by atoms with van der Waals surface area (Å²) in [5.41, 5.74) is 1.12. The van der Waals surface area contributed by atoms with Crippen molar-refractivity contribution in [1.82, 2.24) is 4.31 Å². The molecule has 0 radical (unpaired) electrons. The molecule has 0 saturated carbocycles. The van der Waals surface area contributed by atoms with E-state index in [0.29, 0.717) is 37.4 Å². The van der Waals surface area contributed by atoms with Crippen molar-refractivity contribution >= 4 is 21.6 Å². The van der Waals surface area contributed by atoms with Gasteiger partial charge >= 0.3 is 0 Å². The Morgan fingerprint density at radius 2 is 2.04 bits per heavy atom. The largest absolute Gasteiger partial charge is 0.368 e. The van der Waals surface area contributed by atoms with Crippen molar-refractivity contribution in [2.45, 2.75) is 50.5 Å². The van der Waals surface area contributed by atoms with Crippen molar-refractivity contribution in [3.63, 3.8) is 0 Å². The van der Waals surface area contributed by atoms with Crippen molar-refractivity contribution < 1.29 is 17.9 Å². The minimum Gasteiger partial charge on any atom is -0.368 e. The molecule has 2 rings (SSSR count). The lowest BCUT2D eigenvalue weighted by Gasteiger charge is -2.26. The molecule has 1 aromatic carbocycles. The predicted octanol–water partition coefficient (Wildman–Crippen LogP) is 3.09. The van der Waals surface area contributed by atoms with Gasteiger partial charge in [0.05, 0.1) is 11.5 Å². The molecule has 1 aliphatic heterocycles. The van der Waals surface area contributed by atoms with E-state index in [2.05, 4.69) is 11.9 Å². The number of carbonyl (C=O) groups excluding carboxylic acids is 1. The number of sulfonamides is 1. The summed E-state index contributed by atoms with van der Waals surface area (Å²) < 4.78 is 32.8. The zero-order chi connectivity index (χ0) is 19.2. The molecule has 144 valence electrons. The molecule has 1 aromatic rings. The van der Waals surface area contributed by atoms with E-state index in [0.717, 1.165) is 19.3 Å². The monoisotopic (exact) mass is 380 g/mol. The first kappa shape index (κ1) is 20.6. The molecule has 1 N–H and O–H groups in total. The van der Waals surface area contributed by atoms with Crippen molar-refractivity contribution in [2.24, 2.45) is 0 Å². The number of nitrogens with one attached hydrogen (secondary N) is 1. The van der Waals surface area contributed by atoms with Gasteiger partial charge in [0.25, 0.3) is 5.91 Å². The number of benzene rings is 1. The molecule has 0 spiro atoms. The number of amides is 1. The van der Waals surface area contributed by atoms with Crippen molar-refractivity contribution in [2.75, 3.05) is 25.0 Å².